The third-order valence-electron chi connectivity index (χ3n) is 3.99. The van der Waals surface area contributed by atoms with Gasteiger partial charge in [-0.1, -0.05) is 6.07 Å². The molecular formula is C14H20N4O2S2. The lowest BCUT2D eigenvalue weighted by Crippen LogP contribution is -2.44. The Morgan fingerprint density at radius 1 is 1.45 bits per heavy atom. The van der Waals surface area contributed by atoms with Crippen LogP contribution in [0, 0.1) is 0 Å². The van der Waals surface area contributed by atoms with Gasteiger partial charge in [0.2, 0.25) is 10.0 Å². The summed E-state index contributed by atoms with van der Waals surface area (Å²) >= 11 is 1.69. The van der Waals surface area contributed by atoms with Crippen LogP contribution < -0.4 is 5.32 Å². The van der Waals surface area contributed by atoms with Crippen LogP contribution in [0.5, 0.6) is 0 Å². The third kappa shape index (κ3) is 3.57. The minimum Gasteiger partial charge on any atom is -0.310 e. The number of aromatic amines is 1. The van der Waals surface area contributed by atoms with E-state index in [1.807, 2.05) is 17.6 Å². The van der Waals surface area contributed by atoms with Gasteiger partial charge >= 0.3 is 0 Å². The number of nitrogens with one attached hydrogen (secondary N) is 2. The fraction of sp³-hybridized carbons (Fsp3) is 0.500. The van der Waals surface area contributed by atoms with Gasteiger partial charge in [-0.15, -0.1) is 11.3 Å². The fourth-order valence-electron chi connectivity index (χ4n) is 2.73. The number of piperidine rings is 1. The summed E-state index contributed by atoms with van der Waals surface area (Å²) < 4.78 is 24.6. The van der Waals surface area contributed by atoms with Gasteiger partial charge in [0.15, 0.2) is 0 Å². The van der Waals surface area contributed by atoms with E-state index in [9.17, 15) is 8.42 Å². The topological polar surface area (TPSA) is 78.1 Å². The maximum absolute atomic E-state index is 11.5. The van der Waals surface area contributed by atoms with Crippen molar-refractivity contribution in [3.05, 3.63) is 29.3 Å². The molecule has 1 aliphatic heterocycles. The maximum atomic E-state index is 11.5. The van der Waals surface area contributed by atoms with E-state index in [0.717, 1.165) is 30.6 Å². The van der Waals surface area contributed by atoms with Crippen LogP contribution in [0.25, 0.3) is 10.6 Å². The SMILES string of the molecule is CS(=O)(=O)N1CCC(NCc2cn[nH]c2-c2cccs2)CC1. The Bertz CT molecular complexity index is 701. The van der Waals surface area contributed by atoms with Crippen LogP contribution in [0.1, 0.15) is 18.4 Å². The lowest BCUT2D eigenvalue weighted by atomic mass is 10.1. The summed E-state index contributed by atoms with van der Waals surface area (Å²) in [5.41, 5.74) is 2.21. The van der Waals surface area contributed by atoms with Crippen LogP contribution >= 0.6 is 11.3 Å². The molecule has 3 rings (SSSR count). The standard InChI is InChI=1S/C14H20N4O2S2/c1-22(19,20)18-6-4-12(5-7-18)15-9-11-10-16-17-14(11)13-3-2-8-21-13/h2-3,8,10,12,15H,4-7,9H2,1H3,(H,16,17). The highest BCUT2D eigenvalue weighted by atomic mass is 32.2. The Morgan fingerprint density at radius 3 is 2.86 bits per heavy atom. The molecule has 2 N–H and O–H groups in total. The van der Waals surface area contributed by atoms with E-state index < -0.39 is 10.0 Å². The first kappa shape index (κ1) is 15.7. The van der Waals surface area contributed by atoms with Crippen LogP contribution in [-0.4, -0.2) is 48.3 Å². The van der Waals surface area contributed by atoms with Crippen molar-refractivity contribution in [1.82, 2.24) is 19.8 Å². The first-order chi connectivity index (χ1) is 10.5. The molecule has 6 nitrogen and oxygen atoms in total. The number of aromatic nitrogens is 2. The predicted octanol–water partition coefficient (Wildman–Crippen LogP) is 1.65. The zero-order valence-corrected chi connectivity index (χ0v) is 14.1. The lowest BCUT2D eigenvalue weighted by molar-refractivity contribution is 0.290. The molecule has 22 heavy (non-hydrogen) atoms. The average molecular weight is 340 g/mol. The number of thiophene rings is 1. The highest BCUT2D eigenvalue weighted by Crippen LogP contribution is 2.26. The smallest absolute Gasteiger partial charge is 0.211 e. The summed E-state index contributed by atoms with van der Waals surface area (Å²) in [5.74, 6) is 0. The molecule has 0 spiro atoms. The first-order valence-electron chi connectivity index (χ1n) is 7.28. The van der Waals surface area contributed by atoms with Crippen molar-refractivity contribution in [3.63, 3.8) is 0 Å². The molecule has 120 valence electrons. The second kappa shape index (κ2) is 6.49. The van der Waals surface area contributed by atoms with E-state index in [-0.39, 0.29) is 0 Å². The van der Waals surface area contributed by atoms with Crippen molar-refractivity contribution in [3.8, 4) is 10.6 Å². The molecule has 1 saturated heterocycles. The van der Waals surface area contributed by atoms with Gasteiger partial charge in [-0.2, -0.15) is 5.10 Å². The van der Waals surface area contributed by atoms with Crippen molar-refractivity contribution in [2.45, 2.75) is 25.4 Å². The van der Waals surface area contributed by atoms with Gasteiger partial charge in [0, 0.05) is 31.2 Å². The van der Waals surface area contributed by atoms with E-state index in [1.165, 1.54) is 11.1 Å². The van der Waals surface area contributed by atoms with Crippen molar-refractivity contribution < 1.29 is 8.42 Å². The van der Waals surface area contributed by atoms with E-state index in [1.54, 1.807) is 15.6 Å². The van der Waals surface area contributed by atoms with Gasteiger partial charge in [0.1, 0.15) is 0 Å². The molecule has 3 heterocycles. The van der Waals surface area contributed by atoms with E-state index in [4.69, 9.17) is 0 Å². The van der Waals surface area contributed by atoms with Crippen LogP contribution in [0.2, 0.25) is 0 Å². The van der Waals surface area contributed by atoms with Crippen LogP contribution in [0.4, 0.5) is 0 Å². The third-order valence-corrected chi connectivity index (χ3v) is 6.18. The summed E-state index contributed by atoms with van der Waals surface area (Å²) in [5, 5.41) is 12.8. The molecule has 2 aromatic heterocycles. The summed E-state index contributed by atoms with van der Waals surface area (Å²) in [7, 11) is -3.05. The summed E-state index contributed by atoms with van der Waals surface area (Å²) in [6, 6.07) is 4.45. The highest BCUT2D eigenvalue weighted by Gasteiger charge is 2.24. The minimum absolute atomic E-state index is 0.351. The second-order valence-corrected chi connectivity index (χ2v) is 8.49. The van der Waals surface area contributed by atoms with Gasteiger partial charge in [0.25, 0.3) is 0 Å². The predicted molar refractivity (Wildman–Crippen MR) is 88.2 cm³/mol. The largest absolute Gasteiger partial charge is 0.310 e. The number of hydrogen-bond acceptors (Lipinski definition) is 5. The number of rotatable bonds is 5. The van der Waals surface area contributed by atoms with Crippen LogP contribution in [0.15, 0.2) is 23.7 Å². The van der Waals surface area contributed by atoms with Gasteiger partial charge in [-0.3, -0.25) is 5.10 Å². The second-order valence-electron chi connectivity index (χ2n) is 5.56. The number of nitrogens with zero attached hydrogens (tertiary/aromatic N) is 2. The zero-order valence-electron chi connectivity index (χ0n) is 12.4. The quantitative estimate of drug-likeness (QED) is 0.867. The molecule has 1 fully saturated rings. The Balaban J connectivity index is 1.56. The molecule has 0 bridgehead atoms. The van der Waals surface area contributed by atoms with Crippen molar-refractivity contribution in [1.29, 1.82) is 0 Å². The number of sulfonamides is 1. The van der Waals surface area contributed by atoms with Crippen molar-refractivity contribution >= 4 is 21.4 Å². The van der Waals surface area contributed by atoms with Gasteiger partial charge in [0.05, 0.1) is 23.0 Å². The monoisotopic (exact) mass is 340 g/mol. The molecule has 0 saturated carbocycles. The molecular weight excluding hydrogens is 320 g/mol. The molecule has 0 aromatic carbocycles. The molecule has 0 unspecified atom stereocenters. The van der Waals surface area contributed by atoms with E-state index in [0.29, 0.717) is 19.1 Å². The maximum Gasteiger partial charge on any atom is 0.211 e. The van der Waals surface area contributed by atoms with Gasteiger partial charge in [-0.25, -0.2) is 12.7 Å². The lowest BCUT2D eigenvalue weighted by Gasteiger charge is -2.30. The Hall–Kier alpha value is -1.22. The Morgan fingerprint density at radius 2 is 2.23 bits per heavy atom. The first-order valence-corrected chi connectivity index (χ1v) is 10.0. The number of hydrogen-bond donors (Lipinski definition) is 2. The zero-order chi connectivity index (χ0) is 15.6. The molecule has 0 amide bonds. The Kier molecular flexibility index (Phi) is 4.62. The summed E-state index contributed by atoms with van der Waals surface area (Å²) in [6.07, 6.45) is 4.83. The molecule has 0 aliphatic carbocycles. The van der Waals surface area contributed by atoms with Crippen molar-refractivity contribution in [2.75, 3.05) is 19.3 Å². The van der Waals surface area contributed by atoms with Gasteiger partial charge in [-0.05, 0) is 24.3 Å². The molecule has 0 atom stereocenters. The van der Waals surface area contributed by atoms with Crippen LogP contribution in [-0.2, 0) is 16.6 Å². The van der Waals surface area contributed by atoms with E-state index in [2.05, 4.69) is 21.6 Å². The minimum atomic E-state index is -3.05. The molecule has 0 radical (unpaired) electrons. The highest BCUT2D eigenvalue weighted by molar-refractivity contribution is 7.88. The molecule has 8 heteroatoms. The van der Waals surface area contributed by atoms with Crippen molar-refractivity contribution in [2.24, 2.45) is 0 Å². The fourth-order valence-corrected chi connectivity index (χ4v) is 4.35. The molecule has 1 aliphatic rings. The average Bonchev–Trinajstić information content (AvgIpc) is 3.15. The Labute approximate surface area is 134 Å². The number of H-pyrrole nitrogens is 1. The normalized spacial score (nSPS) is 17.9. The summed E-state index contributed by atoms with van der Waals surface area (Å²) in [6.45, 7) is 1.94. The molecule has 2 aromatic rings. The van der Waals surface area contributed by atoms with E-state index >= 15 is 0 Å². The van der Waals surface area contributed by atoms with Gasteiger partial charge < -0.3 is 5.32 Å². The summed E-state index contributed by atoms with van der Waals surface area (Å²) in [4.78, 5) is 1.18. The van der Waals surface area contributed by atoms with Crippen LogP contribution in [0.3, 0.4) is 0 Å².